The van der Waals surface area contributed by atoms with Crippen LogP contribution in [0.5, 0.6) is 5.75 Å². The maximum absolute atomic E-state index is 5.69. The molecule has 2 fully saturated rings. The molecule has 0 radical (unpaired) electrons. The lowest BCUT2D eigenvalue weighted by Gasteiger charge is -2.39. The number of hydrogen-bond donors (Lipinski definition) is 2. The van der Waals surface area contributed by atoms with E-state index in [0.29, 0.717) is 31.3 Å². The molecule has 6 nitrogen and oxygen atoms in total. The molecule has 0 amide bonds. The predicted molar refractivity (Wildman–Crippen MR) is 131 cm³/mol. The topological polar surface area (TPSA) is 61.8 Å². The van der Waals surface area contributed by atoms with E-state index in [1.54, 1.807) is 12.4 Å². The minimum atomic E-state index is 0. The van der Waals surface area contributed by atoms with Gasteiger partial charge in [-0.2, -0.15) is 0 Å². The minimum Gasteiger partial charge on any atom is -0.490 e. The number of ether oxygens (including phenoxy) is 1. The first-order valence-electron chi connectivity index (χ1n) is 10.6. The molecule has 0 spiro atoms. The van der Waals surface area contributed by atoms with Crippen molar-refractivity contribution in [3.63, 3.8) is 0 Å². The molecular weight excluding hydrogens is 489 g/mol. The van der Waals surface area contributed by atoms with Crippen LogP contribution in [-0.2, 0) is 6.54 Å². The van der Waals surface area contributed by atoms with Crippen LogP contribution in [-0.4, -0.2) is 54.2 Å². The number of halogens is 1. The van der Waals surface area contributed by atoms with Crippen molar-refractivity contribution in [3.05, 3.63) is 60.4 Å². The average Bonchev–Trinajstić information content (AvgIpc) is 2.99. The highest BCUT2D eigenvalue weighted by Crippen LogP contribution is 2.36. The summed E-state index contributed by atoms with van der Waals surface area (Å²) in [7, 11) is 1.83. The summed E-state index contributed by atoms with van der Waals surface area (Å²) >= 11 is 0. The Kier molecular flexibility index (Phi) is 8.74. The number of nitrogens with one attached hydrogen (secondary N) is 2. The Hall–Kier alpha value is -1.87. The summed E-state index contributed by atoms with van der Waals surface area (Å²) < 4.78 is 5.69. The normalized spacial score (nSPS) is 23.5. The SMILES string of the molecule is CN=C(NCCOc1cccnc1)NC1CC2CCC(C1)N2Cc1ccccc1.I. The lowest BCUT2D eigenvalue weighted by Crippen LogP contribution is -2.52. The zero-order valence-corrected chi connectivity index (χ0v) is 19.9. The van der Waals surface area contributed by atoms with Crippen molar-refractivity contribution in [2.45, 2.75) is 50.4 Å². The fraction of sp³-hybridized carbons (Fsp3) is 0.478. The first kappa shape index (κ1) is 22.8. The van der Waals surface area contributed by atoms with Crippen molar-refractivity contribution < 1.29 is 4.74 Å². The number of hydrogen-bond acceptors (Lipinski definition) is 4. The van der Waals surface area contributed by atoms with Crippen LogP contribution in [0.3, 0.4) is 0 Å². The van der Waals surface area contributed by atoms with Gasteiger partial charge in [-0.3, -0.25) is 14.9 Å². The zero-order chi connectivity index (χ0) is 19.9. The second-order valence-corrected chi connectivity index (χ2v) is 7.89. The van der Waals surface area contributed by atoms with Crippen LogP contribution in [0.4, 0.5) is 0 Å². The number of nitrogens with zero attached hydrogens (tertiary/aromatic N) is 3. The molecule has 2 unspecified atom stereocenters. The second-order valence-electron chi connectivity index (χ2n) is 7.89. The Morgan fingerprint density at radius 1 is 1.13 bits per heavy atom. The van der Waals surface area contributed by atoms with Crippen LogP contribution >= 0.6 is 24.0 Å². The molecule has 1 aromatic heterocycles. The third-order valence-electron chi connectivity index (χ3n) is 5.95. The van der Waals surface area contributed by atoms with Crippen LogP contribution in [0.2, 0.25) is 0 Å². The van der Waals surface area contributed by atoms with Gasteiger partial charge in [0.25, 0.3) is 0 Å². The largest absolute Gasteiger partial charge is 0.490 e. The van der Waals surface area contributed by atoms with E-state index in [-0.39, 0.29) is 24.0 Å². The molecule has 30 heavy (non-hydrogen) atoms. The van der Waals surface area contributed by atoms with Gasteiger partial charge in [-0.25, -0.2) is 0 Å². The molecule has 162 valence electrons. The van der Waals surface area contributed by atoms with E-state index in [1.807, 2.05) is 19.2 Å². The van der Waals surface area contributed by atoms with Crippen molar-refractivity contribution in [2.75, 3.05) is 20.2 Å². The third-order valence-corrected chi connectivity index (χ3v) is 5.95. The Bertz CT molecular complexity index is 775. The molecule has 2 aliphatic rings. The van der Waals surface area contributed by atoms with Gasteiger partial charge in [-0.05, 0) is 43.4 Å². The average molecular weight is 521 g/mol. The summed E-state index contributed by atoms with van der Waals surface area (Å²) in [6.07, 6.45) is 8.44. The van der Waals surface area contributed by atoms with Gasteiger partial charge in [0, 0.05) is 37.9 Å². The lowest BCUT2D eigenvalue weighted by molar-refractivity contribution is 0.114. The number of rotatable bonds is 7. The van der Waals surface area contributed by atoms with Gasteiger partial charge in [0.05, 0.1) is 12.7 Å². The fourth-order valence-corrected chi connectivity index (χ4v) is 4.60. The summed E-state index contributed by atoms with van der Waals surface area (Å²) in [5.41, 5.74) is 1.42. The lowest BCUT2D eigenvalue weighted by atomic mass is 9.96. The smallest absolute Gasteiger partial charge is 0.191 e. The first-order chi connectivity index (χ1) is 14.3. The maximum Gasteiger partial charge on any atom is 0.191 e. The number of fused-ring (bicyclic) bond motifs is 2. The molecule has 7 heteroatoms. The van der Waals surface area contributed by atoms with E-state index >= 15 is 0 Å². The van der Waals surface area contributed by atoms with Crippen LogP contribution < -0.4 is 15.4 Å². The Morgan fingerprint density at radius 3 is 2.57 bits per heavy atom. The summed E-state index contributed by atoms with van der Waals surface area (Å²) in [5, 5.41) is 7.00. The van der Waals surface area contributed by atoms with Gasteiger partial charge in [-0.15, -0.1) is 24.0 Å². The van der Waals surface area contributed by atoms with E-state index in [4.69, 9.17) is 4.74 Å². The van der Waals surface area contributed by atoms with Gasteiger partial charge in [-0.1, -0.05) is 30.3 Å². The fourth-order valence-electron chi connectivity index (χ4n) is 4.60. The Morgan fingerprint density at radius 2 is 1.90 bits per heavy atom. The summed E-state index contributed by atoms with van der Waals surface area (Å²) in [4.78, 5) is 11.2. The van der Waals surface area contributed by atoms with Gasteiger partial charge in [0.1, 0.15) is 12.4 Å². The van der Waals surface area contributed by atoms with Crippen molar-refractivity contribution in [2.24, 2.45) is 4.99 Å². The molecule has 2 saturated heterocycles. The number of benzene rings is 1. The highest BCUT2D eigenvalue weighted by atomic mass is 127. The summed E-state index contributed by atoms with van der Waals surface area (Å²) in [6.45, 7) is 2.35. The van der Waals surface area contributed by atoms with Crippen LogP contribution in [0, 0.1) is 0 Å². The molecule has 2 aliphatic heterocycles. The maximum atomic E-state index is 5.69. The van der Waals surface area contributed by atoms with Crippen molar-refractivity contribution in [3.8, 4) is 5.75 Å². The molecule has 2 N–H and O–H groups in total. The van der Waals surface area contributed by atoms with Crippen LogP contribution in [0.25, 0.3) is 0 Å². The summed E-state index contributed by atoms with van der Waals surface area (Å²) in [5.74, 6) is 1.65. The van der Waals surface area contributed by atoms with Gasteiger partial charge >= 0.3 is 0 Å². The first-order valence-corrected chi connectivity index (χ1v) is 10.6. The number of guanidine groups is 1. The van der Waals surface area contributed by atoms with Gasteiger partial charge < -0.3 is 15.4 Å². The highest BCUT2D eigenvalue weighted by Gasteiger charge is 2.40. The molecule has 0 aliphatic carbocycles. The second kappa shape index (κ2) is 11.5. The van der Waals surface area contributed by atoms with Gasteiger partial charge in [0.15, 0.2) is 5.96 Å². The highest BCUT2D eigenvalue weighted by molar-refractivity contribution is 14.0. The molecule has 2 aromatic rings. The van der Waals surface area contributed by atoms with Crippen molar-refractivity contribution in [1.82, 2.24) is 20.5 Å². The van der Waals surface area contributed by atoms with Crippen molar-refractivity contribution in [1.29, 1.82) is 0 Å². The van der Waals surface area contributed by atoms with Crippen molar-refractivity contribution >= 4 is 29.9 Å². The van der Waals surface area contributed by atoms with E-state index in [9.17, 15) is 0 Å². The number of aliphatic imine (C=N–C) groups is 1. The minimum absolute atomic E-state index is 0. The van der Waals surface area contributed by atoms with E-state index in [1.165, 1.54) is 31.2 Å². The molecule has 0 saturated carbocycles. The zero-order valence-electron chi connectivity index (χ0n) is 17.5. The predicted octanol–water partition coefficient (Wildman–Crippen LogP) is 3.44. The number of aromatic nitrogens is 1. The molecule has 2 atom stereocenters. The van der Waals surface area contributed by atoms with E-state index in [0.717, 1.165) is 18.3 Å². The van der Waals surface area contributed by atoms with E-state index in [2.05, 4.69) is 55.8 Å². The van der Waals surface area contributed by atoms with Crippen LogP contribution in [0.1, 0.15) is 31.2 Å². The van der Waals surface area contributed by atoms with Crippen LogP contribution in [0.15, 0.2) is 59.9 Å². The Balaban J connectivity index is 0.00000256. The van der Waals surface area contributed by atoms with Gasteiger partial charge in [0.2, 0.25) is 0 Å². The number of piperidine rings is 1. The standard InChI is InChI=1S/C23H31N5O.HI/c1-24-23(26-12-13-29-22-8-5-11-25-16-22)27-19-14-20-9-10-21(15-19)28(20)17-18-6-3-2-4-7-18;/h2-8,11,16,19-21H,9-10,12-15,17H2,1H3,(H2,24,26,27);1H. The van der Waals surface area contributed by atoms with E-state index < -0.39 is 0 Å². The molecule has 4 rings (SSSR count). The number of pyridine rings is 1. The molecule has 2 bridgehead atoms. The molecule has 1 aromatic carbocycles. The monoisotopic (exact) mass is 521 g/mol. The summed E-state index contributed by atoms with van der Waals surface area (Å²) in [6, 6.07) is 16.4. The molecule has 3 heterocycles. The Labute approximate surface area is 196 Å². The quantitative estimate of drug-likeness (QED) is 0.253. The molecular formula is C23H32IN5O. The third kappa shape index (κ3) is 6.07.